The maximum Gasteiger partial charge on any atom is 0.337 e. The highest BCUT2D eigenvalue weighted by Crippen LogP contribution is 2.27. The van der Waals surface area contributed by atoms with Crippen LogP contribution in [0.1, 0.15) is 36.0 Å². The molecule has 0 aromatic heterocycles. The molecule has 17 heavy (non-hydrogen) atoms. The van der Waals surface area contributed by atoms with E-state index in [9.17, 15) is 9.90 Å². The van der Waals surface area contributed by atoms with Gasteiger partial charge in [0.1, 0.15) is 5.75 Å². The lowest BCUT2D eigenvalue weighted by Gasteiger charge is -2.24. The highest BCUT2D eigenvalue weighted by molar-refractivity contribution is 5.95. The van der Waals surface area contributed by atoms with Gasteiger partial charge in [-0.1, -0.05) is 12.8 Å². The molecule has 1 aromatic carbocycles. The molecule has 0 radical (unpaired) electrons. The van der Waals surface area contributed by atoms with E-state index in [1.807, 2.05) is 0 Å². The number of phenols is 1. The summed E-state index contributed by atoms with van der Waals surface area (Å²) >= 11 is 0. The lowest BCUT2D eigenvalue weighted by Crippen LogP contribution is -2.25. The second-order valence-electron chi connectivity index (χ2n) is 4.41. The molecule has 1 saturated heterocycles. The zero-order valence-electron chi connectivity index (χ0n) is 9.72. The van der Waals surface area contributed by atoms with Gasteiger partial charge in [0.05, 0.1) is 11.3 Å². The molecular weight excluding hydrogens is 218 g/mol. The second kappa shape index (κ2) is 5.08. The molecule has 4 nitrogen and oxygen atoms in total. The number of phenolic OH excluding ortho intramolecular Hbond substituents is 1. The van der Waals surface area contributed by atoms with Crippen molar-refractivity contribution >= 4 is 11.7 Å². The smallest absolute Gasteiger partial charge is 0.337 e. The molecule has 0 bridgehead atoms. The number of nitrogens with zero attached hydrogens (tertiary/aromatic N) is 1. The van der Waals surface area contributed by atoms with Gasteiger partial charge in [0.15, 0.2) is 0 Å². The molecule has 0 aliphatic carbocycles. The molecule has 2 N–H and O–H groups in total. The van der Waals surface area contributed by atoms with Crippen LogP contribution in [0.5, 0.6) is 5.75 Å². The Hall–Kier alpha value is -1.71. The summed E-state index contributed by atoms with van der Waals surface area (Å²) in [6.45, 7) is 1.79. The van der Waals surface area contributed by atoms with E-state index in [0.29, 0.717) is 0 Å². The van der Waals surface area contributed by atoms with Gasteiger partial charge in [-0.2, -0.15) is 0 Å². The first-order valence-electron chi connectivity index (χ1n) is 6.00. The summed E-state index contributed by atoms with van der Waals surface area (Å²) in [5.41, 5.74) is 0.907. The van der Waals surface area contributed by atoms with Gasteiger partial charge in [-0.15, -0.1) is 0 Å². The molecule has 2 rings (SSSR count). The van der Waals surface area contributed by atoms with Crippen molar-refractivity contribution in [2.24, 2.45) is 0 Å². The molecule has 1 aromatic rings. The topological polar surface area (TPSA) is 60.8 Å². The number of aromatic hydroxyl groups is 1. The highest BCUT2D eigenvalue weighted by atomic mass is 16.4. The molecule has 0 atom stereocenters. The number of benzene rings is 1. The molecular formula is C13H17NO3. The summed E-state index contributed by atoms with van der Waals surface area (Å²) in [4.78, 5) is 13.3. The monoisotopic (exact) mass is 235 g/mol. The molecule has 0 amide bonds. The normalized spacial score (nSPS) is 16.6. The van der Waals surface area contributed by atoms with Crippen molar-refractivity contribution in [1.29, 1.82) is 0 Å². The Balaban J connectivity index is 2.32. The maximum atomic E-state index is 11.2. The number of aromatic carboxylic acids is 1. The van der Waals surface area contributed by atoms with Gasteiger partial charge < -0.3 is 15.1 Å². The Morgan fingerprint density at radius 1 is 1.12 bits per heavy atom. The largest absolute Gasteiger partial charge is 0.508 e. The van der Waals surface area contributed by atoms with Crippen molar-refractivity contribution < 1.29 is 15.0 Å². The Morgan fingerprint density at radius 3 is 2.35 bits per heavy atom. The number of carboxylic acids is 1. The van der Waals surface area contributed by atoms with Crippen LogP contribution in [0.25, 0.3) is 0 Å². The number of hydrogen-bond donors (Lipinski definition) is 2. The standard InChI is InChI=1S/C13H17NO3/c15-10-5-6-12(11(9-10)13(16)17)14-7-3-1-2-4-8-14/h5-6,9,15H,1-4,7-8H2,(H,16,17). The van der Waals surface area contributed by atoms with E-state index in [1.165, 1.54) is 18.9 Å². The molecule has 1 fully saturated rings. The van der Waals surface area contributed by atoms with Gasteiger partial charge in [0.25, 0.3) is 0 Å². The van der Waals surface area contributed by atoms with Crippen molar-refractivity contribution in [1.82, 2.24) is 0 Å². The third-order valence-corrected chi connectivity index (χ3v) is 3.16. The van der Waals surface area contributed by atoms with E-state index in [0.717, 1.165) is 31.6 Å². The lowest BCUT2D eigenvalue weighted by atomic mass is 10.1. The third-order valence-electron chi connectivity index (χ3n) is 3.16. The summed E-state index contributed by atoms with van der Waals surface area (Å²) in [6, 6.07) is 4.57. The maximum absolute atomic E-state index is 11.2. The second-order valence-corrected chi connectivity index (χ2v) is 4.41. The van der Waals surface area contributed by atoms with Crippen LogP contribution in [0.4, 0.5) is 5.69 Å². The first kappa shape index (κ1) is 11.8. The average molecular weight is 235 g/mol. The van der Waals surface area contributed by atoms with Crippen LogP contribution in [0.15, 0.2) is 18.2 Å². The Labute approximate surface area is 100 Å². The fourth-order valence-corrected chi connectivity index (χ4v) is 2.28. The molecule has 1 aliphatic rings. The zero-order valence-corrected chi connectivity index (χ0v) is 9.72. The van der Waals surface area contributed by atoms with E-state index < -0.39 is 5.97 Å². The molecule has 0 spiro atoms. The minimum atomic E-state index is -0.986. The van der Waals surface area contributed by atoms with Crippen LogP contribution >= 0.6 is 0 Å². The number of hydrogen-bond acceptors (Lipinski definition) is 3. The predicted octanol–water partition coefficient (Wildman–Crippen LogP) is 2.47. The Morgan fingerprint density at radius 2 is 1.76 bits per heavy atom. The zero-order chi connectivity index (χ0) is 12.3. The van der Waals surface area contributed by atoms with Crippen LogP contribution in [-0.2, 0) is 0 Å². The first-order chi connectivity index (χ1) is 8.18. The Bertz CT molecular complexity index is 409. The molecule has 1 aliphatic heterocycles. The number of anilines is 1. The number of carbonyl (C=O) groups is 1. The average Bonchev–Trinajstić information content (AvgIpc) is 2.57. The van der Waals surface area contributed by atoms with Gasteiger partial charge in [0.2, 0.25) is 0 Å². The quantitative estimate of drug-likeness (QED) is 0.826. The minimum Gasteiger partial charge on any atom is -0.508 e. The van der Waals surface area contributed by atoms with Gasteiger partial charge >= 0.3 is 5.97 Å². The van der Waals surface area contributed by atoms with Crippen LogP contribution < -0.4 is 4.90 Å². The molecule has 1 heterocycles. The fourth-order valence-electron chi connectivity index (χ4n) is 2.28. The van der Waals surface area contributed by atoms with E-state index in [-0.39, 0.29) is 11.3 Å². The Kier molecular flexibility index (Phi) is 3.52. The number of carboxylic acid groups (broad SMARTS) is 1. The first-order valence-corrected chi connectivity index (χ1v) is 6.00. The summed E-state index contributed by atoms with van der Waals surface area (Å²) in [6.07, 6.45) is 4.61. The van der Waals surface area contributed by atoms with E-state index in [4.69, 9.17) is 5.11 Å². The fraction of sp³-hybridized carbons (Fsp3) is 0.462. The van der Waals surface area contributed by atoms with Crippen LogP contribution in [-0.4, -0.2) is 29.3 Å². The summed E-state index contributed by atoms with van der Waals surface area (Å²) in [5, 5.41) is 18.5. The van der Waals surface area contributed by atoms with Gasteiger partial charge in [-0.25, -0.2) is 4.79 Å². The van der Waals surface area contributed by atoms with Gasteiger partial charge in [0, 0.05) is 13.1 Å². The highest BCUT2D eigenvalue weighted by Gasteiger charge is 2.17. The lowest BCUT2D eigenvalue weighted by molar-refractivity contribution is 0.0697. The number of rotatable bonds is 2. The summed E-state index contributed by atoms with van der Waals surface area (Å²) in [5.74, 6) is -0.985. The van der Waals surface area contributed by atoms with Crippen LogP contribution in [0, 0.1) is 0 Å². The predicted molar refractivity (Wildman–Crippen MR) is 65.7 cm³/mol. The van der Waals surface area contributed by atoms with E-state index in [2.05, 4.69) is 4.90 Å². The van der Waals surface area contributed by atoms with E-state index >= 15 is 0 Å². The van der Waals surface area contributed by atoms with Crippen molar-refractivity contribution in [3.8, 4) is 5.75 Å². The molecule has 0 saturated carbocycles. The summed E-state index contributed by atoms with van der Waals surface area (Å²) in [7, 11) is 0. The van der Waals surface area contributed by atoms with Crippen molar-refractivity contribution in [3.63, 3.8) is 0 Å². The van der Waals surface area contributed by atoms with Crippen molar-refractivity contribution in [3.05, 3.63) is 23.8 Å². The van der Waals surface area contributed by atoms with Crippen molar-refractivity contribution in [2.75, 3.05) is 18.0 Å². The SMILES string of the molecule is O=C(O)c1cc(O)ccc1N1CCCCCC1. The van der Waals surface area contributed by atoms with Gasteiger partial charge in [-0.05, 0) is 31.0 Å². The molecule has 0 unspecified atom stereocenters. The van der Waals surface area contributed by atoms with Crippen LogP contribution in [0.2, 0.25) is 0 Å². The molecule has 4 heteroatoms. The molecule has 92 valence electrons. The van der Waals surface area contributed by atoms with Crippen LogP contribution in [0.3, 0.4) is 0 Å². The third kappa shape index (κ3) is 2.70. The summed E-state index contributed by atoms with van der Waals surface area (Å²) < 4.78 is 0. The van der Waals surface area contributed by atoms with Gasteiger partial charge in [-0.3, -0.25) is 0 Å². The van der Waals surface area contributed by atoms with Crippen molar-refractivity contribution in [2.45, 2.75) is 25.7 Å². The van der Waals surface area contributed by atoms with E-state index in [1.54, 1.807) is 12.1 Å². The minimum absolute atomic E-state index is 0.000900.